The summed E-state index contributed by atoms with van der Waals surface area (Å²) >= 11 is 0. The summed E-state index contributed by atoms with van der Waals surface area (Å²) in [7, 11) is 0. The van der Waals surface area contributed by atoms with E-state index in [1.54, 1.807) is 19.9 Å². The summed E-state index contributed by atoms with van der Waals surface area (Å²) in [6.45, 7) is 3.15. The van der Waals surface area contributed by atoms with Crippen molar-refractivity contribution in [2.75, 3.05) is 0 Å². The van der Waals surface area contributed by atoms with Crippen molar-refractivity contribution in [3.8, 4) is 6.07 Å². The molecule has 0 saturated heterocycles. The van der Waals surface area contributed by atoms with E-state index in [1.807, 2.05) is 6.07 Å². The number of nitrogens with zero attached hydrogens (tertiary/aromatic N) is 2. The van der Waals surface area contributed by atoms with Crippen LogP contribution in [0.2, 0.25) is 0 Å². The zero-order chi connectivity index (χ0) is 10.8. The Kier molecular flexibility index (Phi) is 2.52. The quantitative estimate of drug-likeness (QED) is 0.763. The van der Waals surface area contributed by atoms with E-state index in [2.05, 4.69) is 4.98 Å². The Morgan fingerprint density at radius 3 is 2.71 bits per heavy atom. The highest BCUT2D eigenvalue weighted by molar-refractivity contribution is 5.80. The normalized spacial score (nSPS) is 10.6. The van der Waals surface area contributed by atoms with E-state index in [1.165, 1.54) is 12.4 Å². The van der Waals surface area contributed by atoms with Gasteiger partial charge in [-0.3, -0.25) is 9.78 Å². The Hall–Kier alpha value is -1.89. The molecule has 4 heteroatoms. The van der Waals surface area contributed by atoms with E-state index in [4.69, 9.17) is 10.4 Å². The number of hydrogen-bond acceptors (Lipinski definition) is 3. The Bertz CT molecular complexity index is 405. The minimum Gasteiger partial charge on any atom is -0.481 e. The fraction of sp³-hybridized carbons (Fsp3) is 0.300. The zero-order valence-corrected chi connectivity index (χ0v) is 7.98. The smallest absolute Gasteiger partial charge is 0.313 e. The summed E-state index contributed by atoms with van der Waals surface area (Å²) in [5.74, 6) is -0.936. The molecule has 0 aliphatic carbocycles. The van der Waals surface area contributed by atoms with Gasteiger partial charge in [-0.25, -0.2) is 0 Å². The van der Waals surface area contributed by atoms with Crippen LogP contribution in [0.1, 0.15) is 25.0 Å². The third kappa shape index (κ3) is 1.72. The lowest BCUT2D eigenvalue weighted by molar-refractivity contribution is -0.142. The van der Waals surface area contributed by atoms with Crippen LogP contribution in [0.5, 0.6) is 0 Å². The van der Waals surface area contributed by atoms with Gasteiger partial charge in [-0.05, 0) is 25.5 Å². The predicted molar refractivity (Wildman–Crippen MR) is 49.6 cm³/mol. The lowest BCUT2D eigenvalue weighted by Gasteiger charge is -2.18. The van der Waals surface area contributed by atoms with Gasteiger partial charge in [0.1, 0.15) is 6.07 Å². The number of aliphatic carboxylic acids is 1. The topological polar surface area (TPSA) is 74.0 Å². The van der Waals surface area contributed by atoms with E-state index in [0.717, 1.165) is 0 Å². The van der Waals surface area contributed by atoms with Crippen molar-refractivity contribution in [1.82, 2.24) is 4.98 Å². The Labute approximate surface area is 81.8 Å². The minimum absolute atomic E-state index is 0.372. The van der Waals surface area contributed by atoms with Crippen molar-refractivity contribution in [2.24, 2.45) is 0 Å². The second-order valence-corrected chi connectivity index (χ2v) is 3.50. The number of carboxylic acids is 1. The van der Waals surface area contributed by atoms with Gasteiger partial charge in [0, 0.05) is 12.4 Å². The summed E-state index contributed by atoms with van der Waals surface area (Å²) < 4.78 is 0. The first-order valence-corrected chi connectivity index (χ1v) is 4.07. The van der Waals surface area contributed by atoms with Crippen LogP contribution in [0.15, 0.2) is 18.5 Å². The molecule has 0 unspecified atom stereocenters. The van der Waals surface area contributed by atoms with Gasteiger partial charge in [0.15, 0.2) is 0 Å². The third-order valence-electron chi connectivity index (χ3n) is 2.12. The molecule has 72 valence electrons. The third-order valence-corrected chi connectivity index (χ3v) is 2.12. The van der Waals surface area contributed by atoms with Gasteiger partial charge in [-0.1, -0.05) is 0 Å². The van der Waals surface area contributed by atoms with Crippen molar-refractivity contribution in [3.63, 3.8) is 0 Å². The van der Waals surface area contributed by atoms with Crippen molar-refractivity contribution >= 4 is 5.97 Å². The van der Waals surface area contributed by atoms with E-state index < -0.39 is 11.4 Å². The van der Waals surface area contributed by atoms with Crippen LogP contribution >= 0.6 is 0 Å². The van der Waals surface area contributed by atoms with Crippen LogP contribution in [-0.2, 0) is 10.2 Å². The zero-order valence-electron chi connectivity index (χ0n) is 7.98. The van der Waals surface area contributed by atoms with E-state index >= 15 is 0 Å². The van der Waals surface area contributed by atoms with Crippen LogP contribution in [0.4, 0.5) is 0 Å². The van der Waals surface area contributed by atoms with Gasteiger partial charge in [0.25, 0.3) is 0 Å². The van der Waals surface area contributed by atoms with Crippen molar-refractivity contribution < 1.29 is 9.90 Å². The summed E-state index contributed by atoms with van der Waals surface area (Å²) in [5, 5.41) is 17.6. The molecule has 0 aromatic carbocycles. The average Bonchev–Trinajstić information content (AvgIpc) is 2.17. The van der Waals surface area contributed by atoms with Gasteiger partial charge in [-0.2, -0.15) is 5.26 Å². The molecule has 0 atom stereocenters. The number of aromatic nitrogens is 1. The standard InChI is InChI=1S/C10H10N2O2/c1-10(2,9(13)14)8-3-7(4-11)5-12-6-8/h3,5-6H,1-2H3,(H,13,14). The van der Waals surface area contributed by atoms with Gasteiger partial charge in [-0.15, -0.1) is 0 Å². The molecule has 14 heavy (non-hydrogen) atoms. The number of carbonyl (C=O) groups is 1. The minimum atomic E-state index is -1.01. The molecule has 0 spiro atoms. The second-order valence-electron chi connectivity index (χ2n) is 3.50. The van der Waals surface area contributed by atoms with Crippen LogP contribution < -0.4 is 0 Å². The van der Waals surface area contributed by atoms with E-state index in [-0.39, 0.29) is 0 Å². The molecular formula is C10H10N2O2. The van der Waals surface area contributed by atoms with Crippen LogP contribution in [0.3, 0.4) is 0 Å². The lowest BCUT2D eigenvalue weighted by Crippen LogP contribution is -2.28. The maximum atomic E-state index is 10.9. The molecular weight excluding hydrogens is 180 g/mol. The van der Waals surface area contributed by atoms with Crippen molar-refractivity contribution in [3.05, 3.63) is 29.6 Å². The van der Waals surface area contributed by atoms with E-state index in [0.29, 0.717) is 11.1 Å². The van der Waals surface area contributed by atoms with Crippen LogP contribution in [-0.4, -0.2) is 16.1 Å². The summed E-state index contributed by atoms with van der Waals surface area (Å²) in [4.78, 5) is 14.7. The molecule has 0 amide bonds. The molecule has 1 rings (SSSR count). The van der Waals surface area contributed by atoms with Crippen molar-refractivity contribution in [2.45, 2.75) is 19.3 Å². The fourth-order valence-electron chi connectivity index (χ4n) is 0.966. The molecule has 0 aliphatic heterocycles. The Morgan fingerprint density at radius 2 is 2.21 bits per heavy atom. The number of rotatable bonds is 2. The first kappa shape index (κ1) is 10.2. The second kappa shape index (κ2) is 3.46. The highest BCUT2D eigenvalue weighted by Gasteiger charge is 2.29. The first-order chi connectivity index (χ1) is 6.48. The highest BCUT2D eigenvalue weighted by Crippen LogP contribution is 2.22. The molecule has 0 saturated carbocycles. The maximum Gasteiger partial charge on any atom is 0.313 e. The maximum absolute atomic E-state index is 10.9. The fourth-order valence-corrected chi connectivity index (χ4v) is 0.966. The van der Waals surface area contributed by atoms with Crippen LogP contribution in [0.25, 0.3) is 0 Å². The van der Waals surface area contributed by atoms with Crippen molar-refractivity contribution in [1.29, 1.82) is 5.26 Å². The van der Waals surface area contributed by atoms with Gasteiger partial charge in [0.05, 0.1) is 11.0 Å². The molecule has 0 fully saturated rings. The van der Waals surface area contributed by atoms with Gasteiger partial charge >= 0.3 is 5.97 Å². The number of hydrogen-bond donors (Lipinski definition) is 1. The molecule has 1 heterocycles. The Balaban J connectivity index is 3.21. The number of carboxylic acid groups (broad SMARTS) is 1. The molecule has 1 N–H and O–H groups in total. The molecule has 1 aromatic heterocycles. The number of pyridine rings is 1. The molecule has 0 radical (unpaired) electrons. The summed E-state index contributed by atoms with van der Waals surface area (Å²) in [6, 6.07) is 3.47. The molecule has 0 bridgehead atoms. The predicted octanol–water partition coefficient (Wildman–Crippen LogP) is 1.32. The Morgan fingerprint density at radius 1 is 1.57 bits per heavy atom. The SMILES string of the molecule is CC(C)(C(=O)O)c1cncc(C#N)c1. The average molecular weight is 190 g/mol. The van der Waals surface area contributed by atoms with Gasteiger partial charge < -0.3 is 5.11 Å². The molecule has 4 nitrogen and oxygen atoms in total. The van der Waals surface area contributed by atoms with Gasteiger partial charge in [0.2, 0.25) is 0 Å². The number of nitriles is 1. The van der Waals surface area contributed by atoms with E-state index in [9.17, 15) is 4.79 Å². The monoisotopic (exact) mass is 190 g/mol. The molecule has 1 aromatic rings. The highest BCUT2D eigenvalue weighted by atomic mass is 16.4. The first-order valence-electron chi connectivity index (χ1n) is 4.07. The summed E-state index contributed by atoms with van der Waals surface area (Å²) in [6.07, 6.45) is 2.87. The van der Waals surface area contributed by atoms with Crippen LogP contribution in [0, 0.1) is 11.3 Å². The molecule has 0 aliphatic rings. The largest absolute Gasteiger partial charge is 0.481 e. The lowest BCUT2D eigenvalue weighted by atomic mass is 9.85. The summed E-state index contributed by atoms with van der Waals surface area (Å²) in [5.41, 5.74) is -0.110.